The summed E-state index contributed by atoms with van der Waals surface area (Å²) in [6, 6.07) is 7.30. The highest BCUT2D eigenvalue weighted by Gasteiger charge is 2.30. The lowest BCUT2D eigenvalue weighted by atomic mass is 10.2. The summed E-state index contributed by atoms with van der Waals surface area (Å²) < 4.78 is 4.82. The molecule has 0 bridgehead atoms. The van der Waals surface area contributed by atoms with E-state index in [0.717, 1.165) is 12.3 Å². The first-order valence-electron chi connectivity index (χ1n) is 7.18. The molecule has 7 heteroatoms. The number of carbonyl (C=O) groups excluding carboxylic acids is 1. The minimum absolute atomic E-state index is 0.115. The lowest BCUT2D eigenvalue weighted by molar-refractivity contribution is -0.912. The highest BCUT2D eigenvalue weighted by molar-refractivity contribution is 8.00. The molecule has 0 aliphatic carbocycles. The van der Waals surface area contributed by atoms with Gasteiger partial charge in [-0.3, -0.25) is 9.59 Å². The molecule has 0 radical (unpaired) electrons. The normalized spacial score (nSPS) is 21.7. The average molecular weight is 320 g/mol. The van der Waals surface area contributed by atoms with E-state index in [2.05, 4.69) is 9.97 Å². The summed E-state index contributed by atoms with van der Waals surface area (Å²) in [5, 5.41) is 0.462. The van der Waals surface area contributed by atoms with Gasteiger partial charge in [-0.25, -0.2) is 4.98 Å². The van der Waals surface area contributed by atoms with E-state index in [1.165, 1.54) is 12.0 Å². The Morgan fingerprint density at radius 2 is 2.32 bits per heavy atom. The van der Waals surface area contributed by atoms with Gasteiger partial charge in [0.1, 0.15) is 13.1 Å². The number of methoxy groups -OCH3 is 1. The van der Waals surface area contributed by atoms with Crippen LogP contribution in [-0.4, -0.2) is 47.1 Å². The zero-order valence-corrected chi connectivity index (χ0v) is 13.1. The summed E-state index contributed by atoms with van der Waals surface area (Å²) in [6.45, 7) is 2.23. The van der Waals surface area contributed by atoms with Gasteiger partial charge < -0.3 is 14.6 Å². The molecule has 2 aromatic rings. The van der Waals surface area contributed by atoms with Crippen LogP contribution < -0.4 is 10.5 Å². The number of aromatic nitrogens is 2. The highest BCUT2D eigenvalue weighted by Crippen LogP contribution is 2.13. The van der Waals surface area contributed by atoms with Crippen molar-refractivity contribution in [3.8, 4) is 0 Å². The molecule has 0 saturated carbocycles. The largest absolute Gasteiger partial charge is 0.468 e. The molecule has 1 aliphatic heterocycles. The number of nitrogens with zero attached hydrogens (tertiary/aromatic N) is 1. The van der Waals surface area contributed by atoms with Gasteiger partial charge in [-0.1, -0.05) is 12.1 Å². The number of carbonyl (C=O) groups is 1. The Morgan fingerprint density at radius 3 is 3.14 bits per heavy atom. The Hall–Kier alpha value is -1.86. The predicted molar refractivity (Wildman–Crippen MR) is 85.0 cm³/mol. The Morgan fingerprint density at radius 1 is 1.50 bits per heavy atom. The van der Waals surface area contributed by atoms with Crippen LogP contribution >= 0.6 is 11.8 Å². The number of hydrogen-bond acceptors (Lipinski definition) is 5. The lowest BCUT2D eigenvalue weighted by Gasteiger charge is -2.27. The topological polar surface area (TPSA) is 76.5 Å². The zero-order valence-electron chi connectivity index (χ0n) is 12.3. The second-order valence-electron chi connectivity index (χ2n) is 5.29. The number of ether oxygens (including phenoxy) is 1. The molecular weight excluding hydrogens is 302 g/mol. The number of esters is 1. The number of para-hydroxylation sites is 1. The SMILES string of the molecule is COC(=O)[C@@H]1C[NH+](Cc2nc3ccccc3c(=O)[nH]2)CCS1. The molecule has 0 amide bonds. The molecule has 22 heavy (non-hydrogen) atoms. The van der Waals surface area contributed by atoms with E-state index >= 15 is 0 Å². The van der Waals surface area contributed by atoms with Crippen LogP contribution in [0, 0.1) is 0 Å². The quantitative estimate of drug-likeness (QED) is 0.753. The molecule has 3 rings (SSSR count). The lowest BCUT2D eigenvalue weighted by Crippen LogP contribution is -3.13. The molecule has 1 aromatic heterocycles. The average Bonchev–Trinajstić information content (AvgIpc) is 2.54. The first-order valence-corrected chi connectivity index (χ1v) is 8.23. The van der Waals surface area contributed by atoms with Crippen LogP contribution in [0.5, 0.6) is 0 Å². The maximum atomic E-state index is 12.1. The van der Waals surface area contributed by atoms with Crippen LogP contribution in [0.25, 0.3) is 10.9 Å². The van der Waals surface area contributed by atoms with Gasteiger partial charge >= 0.3 is 5.97 Å². The van der Waals surface area contributed by atoms with Gasteiger partial charge in [0, 0.05) is 5.75 Å². The van der Waals surface area contributed by atoms with Crippen LogP contribution in [0.2, 0.25) is 0 Å². The van der Waals surface area contributed by atoms with Crippen LogP contribution in [-0.2, 0) is 16.1 Å². The van der Waals surface area contributed by atoms with Crippen LogP contribution in [0.1, 0.15) is 5.82 Å². The third-order valence-corrected chi connectivity index (χ3v) is 4.99. The second kappa shape index (κ2) is 6.50. The Bertz CT molecular complexity index is 746. The van der Waals surface area contributed by atoms with Crippen molar-refractivity contribution in [2.45, 2.75) is 11.8 Å². The second-order valence-corrected chi connectivity index (χ2v) is 6.60. The summed E-state index contributed by atoms with van der Waals surface area (Å²) >= 11 is 1.63. The van der Waals surface area contributed by atoms with Crippen LogP contribution in [0.15, 0.2) is 29.1 Å². The van der Waals surface area contributed by atoms with Crippen molar-refractivity contribution >= 4 is 28.6 Å². The van der Waals surface area contributed by atoms with Crippen molar-refractivity contribution in [3.05, 3.63) is 40.4 Å². The van der Waals surface area contributed by atoms with Crippen LogP contribution in [0.3, 0.4) is 0 Å². The molecule has 1 fully saturated rings. The van der Waals surface area contributed by atoms with Crippen molar-refractivity contribution in [1.82, 2.24) is 9.97 Å². The molecule has 2 atom stereocenters. The number of nitrogens with one attached hydrogen (secondary N) is 2. The molecule has 2 heterocycles. The Labute approximate surface area is 131 Å². The van der Waals surface area contributed by atoms with Gasteiger partial charge in [-0.2, -0.15) is 0 Å². The number of quaternary nitrogens is 1. The molecule has 6 nitrogen and oxygen atoms in total. The number of H-pyrrole nitrogens is 1. The minimum atomic E-state index is -0.179. The fourth-order valence-corrected chi connectivity index (χ4v) is 3.94. The van der Waals surface area contributed by atoms with Gasteiger partial charge in [0.2, 0.25) is 0 Å². The maximum absolute atomic E-state index is 12.1. The van der Waals surface area contributed by atoms with E-state index in [1.807, 2.05) is 18.2 Å². The molecule has 2 N–H and O–H groups in total. The van der Waals surface area contributed by atoms with E-state index < -0.39 is 0 Å². The molecule has 1 unspecified atom stereocenters. The smallest absolute Gasteiger partial charge is 0.324 e. The number of rotatable bonds is 3. The summed E-state index contributed by atoms with van der Waals surface area (Å²) in [7, 11) is 1.42. The van der Waals surface area contributed by atoms with E-state index in [0.29, 0.717) is 29.8 Å². The number of thioether (sulfide) groups is 1. The van der Waals surface area contributed by atoms with Crippen molar-refractivity contribution in [2.24, 2.45) is 0 Å². The van der Waals surface area contributed by atoms with Gasteiger partial charge in [-0.15, -0.1) is 11.8 Å². The Kier molecular flexibility index (Phi) is 4.44. The van der Waals surface area contributed by atoms with Gasteiger partial charge in [0.05, 0.1) is 24.6 Å². The fraction of sp³-hybridized carbons (Fsp3) is 0.400. The summed E-state index contributed by atoms with van der Waals surface area (Å²) in [5.41, 5.74) is 0.590. The van der Waals surface area contributed by atoms with Gasteiger partial charge in [-0.05, 0) is 12.1 Å². The van der Waals surface area contributed by atoms with E-state index in [1.54, 1.807) is 17.8 Å². The molecule has 1 aromatic carbocycles. The Balaban J connectivity index is 1.78. The number of aromatic amines is 1. The summed E-state index contributed by atoms with van der Waals surface area (Å²) in [5.74, 6) is 1.38. The van der Waals surface area contributed by atoms with Crippen molar-refractivity contribution in [3.63, 3.8) is 0 Å². The molecule has 1 saturated heterocycles. The van der Waals surface area contributed by atoms with Crippen molar-refractivity contribution in [2.75, 3.05) is 26.0 Å². The third-order valence-electron chi connectivity index (χ3n) is 3.79. The first kappa shape index (κ1) is 15.1. The zero-order chi connectivity index (χ0) is 15.5. The molecular formula is C15H18N3O3S+. The minimum Gasteiger partial charge on any atom is -0.468 e. The number of fused-ring (bicyclic) bond motifs is 1. The molecule has 1 aliphatic rings. The van der Waals surface area contributed by atoms with Crippen LogP contribution in [0.4, 0.5) is 0 Å². The number of hydrogen-bond donors (Lipinski definition) is 2. The molecule has 0 spiro atoms. The summed E-state index contributed by atoms with van der Waals surface area (Å²) in [4.78, 5) is 32.3. The summed E-state index contributed by atoms with van der Waals surface area (Å²) in [6.07, 6.45) is 0. The standard InChI is InChI=1S/C15H17N3O3S/c1-21-15(20)12-8-18(6-7-22-12)9-13-16-11-5-3-2-4-10(11)14(19)17-13/h2-5,12H,6-9H2,1H3,(H,16,17,19)/p+1/t12-/m0/s1. The van der Waals surface area contributed by atoms with Crippen molar-refractivity contribution < 1.29 is 14.4 Å². The third kappa shape index (κ3) is 3.15. The maximum Gasteiger partial charge on any atom is 0.324 e. The first-order chi connectivity index (χ1) is 10.7. The van der Waals surface area contributed by atoms with E-state index in [9.17, 15) is 9.59 Å². The van der Waals surface area contributed by atoms with Crippen molar-refractivity contribution in [1.29, 1.82) is 0 Å². The number of benzene rings is 1. The molecule has 116 valence electrons. The fourth-order valence-electron chi connectivity index (χ4n) is 2.67. The predicted octanol–water partition coefficient (Wildman–Crippen LogP) is -0.404. The van der Waals surface area contributed by atoms with Gasteiger partial charge in [0.15, 0.2) is 11.1 Å². The monoisotopic (exact) mass is 320 g/mol. The van der Waals surface area contributed by atoms with Gasteiger partial charge in [0.25, 0.3) is 5.56 Å². The van der Waals surface area contributed by atoms with E-state index in [4.69, 9.17) is 4.74 Å². The van der Waals surface area contributed by atoms with E-state index in [-0.39, 0.29) is 16.8 Å². The highest BCUT2D eigenvalue weighted by atomic mass is 32.2.